The van der Waals surface area contributed by atoms with Crippen LogP contribution in [0.25, 0.3) is 0 Å². The molecule has 0 radical (unpaired) electrons. The number of Topliss-reactive ketones (excluding diaryl/α,β-unsaturated/α-hetero) is 1. The molecule has 1 atom stereocenters. The highest BCUT2D eigenvalue weighted by atomic mass is 32.2. The zero-order chi connectivity index (χ0) is 13.6. The molecular weight excluding hydrogens is 258 g/mol. The van der Waals surface area contributed by atoms with Gasteiger partial charge in [0.25, 0.3) is 0 Å². The van der Waals surface area contributed by atoms with Crippen molar-refractivity contribution in [2.75, 3.05) is 18.9 Å². The molecular formula is C11H15NO5S. The van der Waals surface area contributed by atoms with Crippen LogP contribution in [0.5, 0.6) is 0 Å². The molecule has 3 N–H and O–H groups in total. The Labute approximate surface area is 105 Å². The van der Waals surface area contributed by atoms with E-state index >= 15 is 0 Å². The number of benzene rings is 1. The van der Waals surface area contributed by atoms with E-state index in [9.17, 15) is 13.2 Å². The maximum absolute atomic E-state index is 11.6. The molecule has 0 aliphatic carbocycles. The molecule has 1 aromatic rings. The summed E-state index contributed by atoms with van der Waals surface area (Å²) in [6.07, 6.45) is -1.17. The standard InChI is InChI=1S/C11H15NO5S/c13-7-10(14)6-12-18(16,17)8-11(15)9-4-2-1-3-5-9/h1-5,10,12-14H,6-8H2. The lowest BCUT2D eigenvalue weighted by Crippen LogP contribution is -2.37. The Morgan fingerprint density at radius 3 is 2.44 bits per heavy atom. The number of carbonyl (C=O) groups is 1. The van der Waals surface area contributed by atoms with Gasteiger partial charge in [0, 0.05) is 12.1 Å². The van der Waals surface area contributed by atoms with Crippen LogP contribution in [0, 0.1) is 0 Å². The molecule has 0 aliphatic heterocycles. The fourth-order valence-corrected chi connectivity index (χ4v) is 2.28. The summed E-state index contributed by atoms with van der Waals surface area (Å²) in [6.45, 7) is -0.865. The van der Waals surface area contributed by atoms with Crippen molar-refractivity contribution in [3.05, 3.63) is 35.9 Å². The van der Waals surface area contributed by atoms with Crippen LogP contribution in [-0.4, -0.2) is 49.4 Å². The summed E-state index contributed by atoms with van der Waals surface area (Å²) in [7, 11) is -3.80. The Morgan fingerprint density at radius 2 is 1.89 bits per heavy atom. The molecule has 0 aliphatic rings. The van der Waals surface area contributed by atoms with Crippen LogP contribution in [0.3, 0.4) is 0 Å². The van der Waals surface area contributed by atoms with E-state index in [0.717, 1.165) is 0 Å². The summed E-state index contributed by atoms with van der Waals surface area (Å²) in [4.78, 5) is 11.6. The van der Waals surface area contributed by atoms with Crippen LogP contribution >= 0.6 is 0 Å². The highest BCUT2D eigenvalue weighted by Crippen LogP contribution is 2.01. The maximum Gasteiger partial charge on any atom is 0.219 e. The van der Waals surface area contributed by atoms with Crippen molar-refractivity contribution in [1.82, 2.24) is 4.72 Å². The van der Waals surface area contributed by atoms with Crippen molar-refractivity contribution >= 4 is 15.8 Å². The molecule has 0 amide bonds. The Bertz CT molecular complexity index is 485. The predicted molar refractivity (Wildman–Crippen MR) is 65.7 cm³/mol. The van der Waals surface area contributed by atoms with Crippen LogP contribution in [0.15, 0.2) is 30.3 Å². The molecule has 0 fully saturated rings. The number of rotatable bonds is 7. The van der Waals surface area contributed by atoms with Gasteiger partial charge in [0.1, 0.15) is 5.75 Å². The van der Waals surface area contributed by atoms with Crippen molar-refractivity contribution < 1.29 is 23.4 Å². The summed E-state index contributed by atoms with van der Waals surface area (Å²) < 4.78 is 25.1. The van der Waals surface area contributed by atoms with Crippen LogP contribution in [0.2, 0.25) is 0 Å². The average Bonchev–Trinajstić information content (AvgIpc) is 2.36. The van der Waals surface area contributed by atoms with E-state index in [1.165, 1.54) is 12.1 Å². The lowest BCUT2D eigenvalue weighted by atomic mass is 10.2. The van der Waals surface area contributed by atoms with Gasteiger partial charge in [-0.05, 0) is 0 Å². The first-order valence-electron chi connectivity index (χ1n) is 5.29. The van der Waals surface area contributed by atoms with Crippen LogP contribution in [0.1, 0.15) is 10.4 Å². The predicted octanol–water partition coefficient (Wildman–Crippen LogP) is -0.858. The minimum Gasteiger partial charge on any atom is -0.394 e. The molecule has 100 valence electrons. The Balaban J connectivity index is 2.58. The second-order valence-electron chi connectivity index (χ2n) is 3.73. The van der Waals surface area contributed by atoms with E-state index in [4.69, 9.17) is 10.2 Å². The molecule has 6 nitrogen and oxygen atoms in total. The summed E-state index contributed by atoms with van der Waals surface area (Å²) in [5.74, 6) is -1.21. The van der Waals surface area contributed by atoms with Crippen LogP contribution in [-0.2, 0) is 10.0 Å². The highest BCUT2D eigenvalue weighted by Gasteiger charge is 2.18. The first-order valence-corrected chi connectivity index (χ1v) is 6.94. The third-order valence-electron chi connectivity index (χ3n) is 2.17. The van der Waals surface area contributed by atoms with Crippen molar-refractivity contribution in [2.24, 2.45) is 0 Å². The largest absolute Gasteiger partial charge is 0.394 e. The van der Waals surface area contributed by atoms with E-state index in [1.807, 2.05) is 0 Å². The summed E-state index contributed by atoms with van der Waals surface area (Å²) in [5, 5.41) is 17.6. The van der Waals surface area contributed by atoms with Crippen molar-refractivity contribution in [3.63, 3.8) is 0 Å². The van der Waals surface area contributed by atoms with E-state index in [-0.39, 0.29) is 6.54 Å². The monoisotopic (exact) mass is 273 g/mol. The molecule has 0 heterocycles. The number of nitrogens with one attached hydrogen (secondary N) is 1. The second kappa shape index (κ2) is 6.60. The lowest BCUT2D eigenvalue weighted by molar-refractivity contribution is 0.0983. The van der Waals surface area contributed by atoms with Gasteiger partial charge in [0.2, 0.25) is 10.0 Å². The number of carbonyl (C=O) groups excluding carboxylic acids is 1. The molecule has 1 rings (SSSR count). The van der Waals surface area contributed by atoms with Gasteiger partial charge in [-0.2, -0.15) is 0 Å². The number of aliphatic hydroxyl groups excluding tert-OH is 2. The fraction of sp³-hybridized carbons (Fsp3) is 0.364. The number of sulfonamides is 1. The third kappa shape index (κ3) is 4.92. The number of ketones is 1. The summed E-state index contributed by atoms with van der Waals surface area (Å²) >= 11 is 0. The molecule has 0 saturated carbocycles. The molecule has 1 unspecified atom stereocenters. The summed E-state index contributed by atoms with van der Waals surface area (Å²) in [5.41, 5.74) is 0.311. The van der Waals surface area contributed by atoms with Gasteiger partial charge in [-0.1, -0.05) is 30.3 Å². The van der Waals surface area contributed by atoms with E-state index in [1.54, 1.807) is 18.2 Å². The van der Waals surface area contributed by atoms with Crippen molar-refractivity contribution in [3.8, 4) is 0 Å². The lowest BCUT2D eigenvalue weighted by Gasteiger charge is -2.09. The molecule has 0 spiro atoms. The smallest absolute Gasteiger partial charge is 0.219 e. The number of hydrogen-bond donors (Lipinski definition) is 3. The molecule has 18 heavy (non-hydrogen) atoms. The van der Waals surface area contributed by atoms with Gasteiger partial charge in [-0.3, -0.25) is 4.79 Å². The van der Waals surface area contributed by atoms with Crippen molar-refractivity contribution in [1.29, 1.82) is 0 Å². The zero-order valence-corrected chi connectivity index (χ0v) is 10.4. The Kier molecular flexibility index (Phi) is 5.42. The fourth-order valence-electron chi connectivity index (χ4n) is 1.22. The van der Waals surface area contributed by atoms with Gasteiger partial charge in [-0.25, -0.2) is 13.1 Å². The Hall–Kier alpha value is -1.28. The van der Waals surface area contributed by atoms with Crippen molar-refractivity contribution in [2.45, 2.75) is 6.10 Å². The van der Waals surface area contributed by atoms with Gasteiger partial charge >= 0.3 is 0 Å². The third-order valence-corrected chi connectivity index (χ3v) is 3.42. The summed E-state index contributed by atoms with van der Waals surface area (Å²) in [6, 6.07) is 8.06. The second-order valence-corrected chi connectivity index (χ2v) is 5.54. The van der Waals surface area contributed by atoms with E-state index in [2.05, 4.69) is 4.72 Å². The minimum absolute atomic E-state index is 0.311. The maximum atomic E-state index is 11.6. The van der Waals surface area contributed by atoms with Gasteiger partial charge in [-0.15, -0.1) is 0 Å². The molecule has 0 bridgehead atoms. The molecule has 0 saturated heterocycles. The highest BCUT2D eigenvalue weighted by molar-refractivity contribution is 7.90. The van der Waals surface area contributed by atoms with Gasteiger partial charge in [0.05, 0.1) is 12.7 Å². The zero-order valence-electron chi connectivity index (χ0n) is 9.61. The normalized spacial score (nSPS) is 13.2. The molecule has 0 aromatic heterocycles. The average molecular weight is 273 g/mol. The van der Waals surface area contributed by atoms with Crippen LogP contribution in [0.4, 0.5) is 0 Å². The number of hydrogen-bond acceptors (Lipinski definition) is 5. The molecule has 7 heteroatoms. The minimum atomic E-state index is -3.80. The van der Waals surface area contributed by atoms with E-state index in [0.29, 0.717) is 5.56 Å². The SMILES string of the molecule is O=C(CS(=O)(=O)NCC(O)CO)c1ccccc1. The number of aliphatic hydroxyl groups is 2. The topological polar surface area (TPSA) is 104 Å². The molecule has 1 aromatic carbocycles. The Morgan fingerprint density at radius 1 is 1.28 bits per heavy atom. The quantitative estimate of drug-likeness (QED) is 0.561. The van der Waals surface area contributed by atoms with E-state index < -0.39 is 34.3 Å². The van der Waals surface area contributed by atoms with Gasteiger partial charge < -0.3 is 10.2 Å². The van der Waals surface area contributed by atoms with Gasteiger partial charge in [0.15, 0.2) is 5.78 Å². The first-order chi connectivity index (χ1) is 8.44. The van der Waals surface area contributed by atoms with Crippen LogP contribution < -0.4 is 4.72 Å². The first kappa shape index (κ1) is 14.8.